The van der Waals surface area contributed by atoms with E-state index in [9.17, 15) is 14.4 Å². The summed E-state index contributed by atoms with van der Waals surface area (Å²) < 4.78 is 5.48. The Morgan fingerprint density at radius 3 is 2.33 bits per heavy atom. The van der Waals surface area contributed by atoms with Crippen LogP contribution in [0.4, 0.5) is 4.79 Å². The normalized spacial score (nSPS) is 15.0. The second-order valence-corrected chi connectivity index (χ2v) is 11.6. The summed E-state index contributed by atoms with van der Waals surface area (Å²) in [5, 5.41) is 5.87. The van der Waals surface area contributed by atoms with Crippen LogP contribution in [-0.2, 0) is 20.9 Å². The van der Waals surface area contributed by atoms with Gasteiger partial charge in [0.25, 0.3) is 0 Å². The Kier molecular flexibility index (Phi) is 10.3. The Morgan fingerprint density at radius 1 is 1.08 bits per heavy atom. The molecule has 0 aromatic heterocycles. The third-order valence-electron chi connectivity index (χ3n) is 6.72. The van der Waals surface area contributed by atoms with Crippen LogP contribution >= 0.6 is 0 Å². The Bertz CT molecular complexity index is 1140. The molecular weight excluding hydrogens is 490 g/mol. The minimum atomic E-state index is -0.860. The van der Waals surface area contributed by atoms with Crippen molar-refractivity contribution in [1.82, 2.24) is 15.5 Å². The number of rotatable bonds is 11. The van der Waals surface area contributed by atoms with Crippen molar-refractivity contribution in [2.75, 3.05) is 0 Å². The molecule has 0 spiro atoms. The van der Waals surface area contributed by atoms with Gasteiger partial charge in [-0.05, 0) is 75.1 Å². The number of ether oxygens (including phenoxy) is 1. The minimum Gasteiger partial charge on any atom is -0.444 e. The second-order valence-electron chi connectivity index (χ2n) is 11.6. The average molecular weight is 534 g/mol. The lowest BCUT2D eigenvalue weighted by atomic mass is 9.87. The minimum absolute atomic E-state index is 0.104. The Hall–Kier alpha value is -3.61. The van der Waals surface area contributed by atoms with E-state index in [1.165, 1.54) is 0 Å². The van der Waals surface area contributed by atoms with Gasteiger partial charge >= 0.3 is 6.09 Å². The molecule has 2 N–H and O–H groups in total. The lowest BCUT2D eigenvalue weighted by Gasteiger charge is -2.44. The molecule has 210 valence electrons. The van der Waals surface area contributed by atoms with Gasteiger partial charge in [-0.1, -0.05) is 75.0 Å². The van der Waals surface area contributed by atoms with Gasteiger partial charge < -0.3 is 20.3 Å². The van der Waals surface area contributed by atoms with Crippen molar-refractivity contribution in [2.45, 2.75) is 90.6 Å². The highest BCUT2D eigenvalue weighted by molar-refractivity contribution is 5.92. The van der Waals surface area contributed by atoms with Gasteiger partial charge in [-0.15, -0.1) is 0 Å². The maximum absolute atomic E-state index is 14.3. The van der Waals surface area contributed by atoms with Crippen molar-refractivity contribution >= 4 is 24.0 Å². The van der Waals surface area contributed by atoms with E-state index in [1.54, 1.807) is 31.7 Å². The first-order valence-electron chi connectivity index (χ1n) is 13.8. The molecule has 2 atom stereocenters. The van der Waals surface area contributed by atoms with E-state index in [-0.39, 0.29) is 23.8 Å². The van der Waals surface area contributed by atoms with Crippen molar-refractivity contribution in [2.24, 2.45) is 5.92 Å². The van der Waals surface area contributed by atoms with Crippen LogP contribution in [0.5, 0.6) is 0 Å². The molecule has 2 aromatic carbocycles. The molecule has 1 fully saturated rings. The van der Waals surface area contributed by atoms with Gasteiger partial charge in [-0.25, -0.2) is 4.79 Å². The monoisotopic (exact) mass is 533 g/mol. The van der Waals surface area contributed by atoms with Gasteiger partial charge in [0, 0.05) is 12.6 Å². The number of benzene rings is 2. The molecule has 0 aliphatic heterocycles. The maximum Gasteiger partial charge on any atom is 0.408 e. The number of carbonyl (C=O) groups excluding carboxylic acids is 3. The molecule has 3 amide bonds. The van der Waals surface area contributed by atoms with Crippen LogP contribution in [0.3, 0.4) is 0 Å². The molecule has 1 aliphatic rings. The van der Waals surface area contributed by atoms with Crippen LogP contribution in [0.2, 0.25) is 0 Å². The van der Waals surface area contributed by atoms with Gasteiger partial charge in [-0.3, -0.25) is 9.59 Å². The zero-order valence-electron chi connectivity index (χ0n) is 23.9. The number of alkyl carbamates (subject to hydrolysis) is 1. The van der Waals surface area contributed by atoms with Crippen LogP contribution < -0.4 is 10.6 Å². The van der Waals surface area contributed by atoms with Crippen molar-refractivity contribution in [3.8, 4) is 0 Å². The molecule has 3 rings (SSSR count). The van der Waals surface area contributed by atoms with Gasteiger partial charge in [0.05, 0.1) is 0 Å². The molecule has 0 saturated heterocycles. The van der Waals surface area contributed by atoms with Gasteiger partial charge in [-0.2, -0.15) is 0 Å². The predicted octanol–water partition coefficient (Wildman–Crippen LogP) is 6.01. The molecule has 0 radical (unpaired) electrons. The summed E-state index contributed by atoms with van der Waals surface area (Å²) >= 11 is 0. The van der Waals surface area contributed by atoms with Crippen molar-refractivity contribution in [3.05, 3.63) is 77.9 Å². The lowest BCUT2D eigenvalue weighted by molar-refractivity contribution is -0.147. The first kappa shape index (κ1) is 29.9. The van der Waals surface area contributed by atoms with Gasteiger partial charge in [0.2, 0.25) is 11.8 Å². The highest BCUT2D eigenvalue weighted by atomic mass is 16.6. The summed E-state index contributed by atoms with van der Waals surface area (Å²) in [6, 6.07) is 15.5. The van der Waals surface area contributed by atoms with Crippen LogP contribution in [0.25, 0.3) is 6.08 Å². The molecule has 1 saturated carbocycles. The Morgan fingerprint density at radius 2 is 1.77 bits per heavy atom. The molecule has 0 bridgehead atoms. The topological polar surface area (TPSA) is 87.7 Å². The first-order valence-corrected chi connectivity index (χ1v) is 13.8. The smallest absolute Gasteiger partial charge is 0.408 e. The summed E-state index contributed by atoms with van der Waals surface area (Å²) in [7, 11) is 0. The number of nitrogens with zero attached hydrogens (tertiary/aromatic N) is 1. The van der Waals surface area contributed by atoms with Crippen molar-refractivity contribution in [3.63, 3.8) is 0 Å². The standard InChI is InChI=1S/C32H43N3O4/c1-7-23-15-11-16-25(20-23)28(29(36)33-21-24-13-9-8-10-14-24)35(26-17-12-18-26)30(37)27(19-22(2)3)34-31(38)39-32(4,5)6/h7-11,13-16,20,22,26-28H,1,12,17-19,21H2,2-6H3,(H,33,36)(H,34,38). The van der Waals surface area contributed by atoms with E-state index < -0.39 is 23.8 Å². The van der Waals surface area contributed by atoms with E-state index in [0.29, 0.717) is 18.5 Å². The summed E-state index contributed by atoms with van der Waals surface area (Å²) in [5.41, 5.74) is 1.84. The lowest BCUT2D eigenvalue weighted by Crippen LogP contribution is -2.57. The van der Waals surface area contributed by atoms with Crippen LogP contribution in [0.1, 0.15) is 83.0 Å². The molecular formula is C32H43N3O4. The molecule has 39 heavy (non-hydrogen) atoms. The number of amides is 3. The number of hydrogen-bond donors (Lipinski definition) is 2. The maximum atomic E-state index is 14.3. The fourth-order valence-electron chi connectivity index (χ4n) is 4.68. The quantitative estimate of drug-likeness (QED) is 0.370. The van der Waals surface area contributed by atoms with Crippen molar-refractivity contribution < 1.29 is 19.1 Å². The summed E-state index contributed by atoms with van der Waals surface area (Å²) in [4.78, 5) is 42.7. The second kappa shape index (κ2) is 13.5. The molecule has 2 aromatic rings. The number of nitrogens with one attached hydrogen (secondary N) is 2. The fourth-order valence-corrected chi connectivity index (χ4v) is 4.68. The molecule has 7 heteroatoms. The van der Waals surface area contributed by atoms with E-state index in [1.807, 2.05) is 68.4 Å². The molecule has 0 heterocycles. The van der Waals surface area contributed by atoms with Gasteiger partial charge in [0.1, 0.15) is 17.7 Å². The number of carbonyl (C=O) groups is 3. The summed E-state index contributed by atoms with van der Waals surface area (Å²) in [6.07, 6.45) is 4.09. The van der Waals surface area contributed by atoms with Crippen LogP contribution in [-0.4, -0.2) is 40.5 Å². The highest BCUT2D eigenvalue weighted by Gasteiger charge is 2.42. The highest BCUT2D eigenvalue weighted by Crippen LogP contribution is 2.34. The van der Waals surface area contributed by atoms with Crippen LogP contribution in [0.15, 0.2) is 61.2 Å². The van der Waals surface area contributed by atoms with Gasteiger partial charge in [0.15, 0.2) is 0 Å². The molecule has 2 unspecified atom stereocenters. The number of hydrogen-bond acceptors (Lipinski definition) is 4. The first-order chi connectivity index (χ1) is 18.5. The third-order valence-corrected chi connectivity index (χ3v) is 6.72. The van der Waals surface area contributed by atoms with E-state index in [0.717, 1.165) is 30.4 Å². The third kappa shape index (κ3) is 8.70. The van der Waals surface area contributed by atoms with Crippen molar-refractivity contribution in [1.29, 1.82) is 0 Å². The van der Waals surface area contributed by atoms with E-state index in [4.69, 9.17) is 4.74 Å². The van der Waals surface area contributed by atoms with E-state index >= 15 is 0 Å². The van der Waals surface area contributed by atoms with E-state index in [2.05, 4.69) is 17.2 Å². The molecule has 7 nitrogen and oxygen atoms in total. The summed E-state index contributed by atoms with van der Waals surface area (Å²) in [6.45, 7) is 13.6. The molecule has 1 aliphatic carbocycles. The Balaban J connectivity index is 1.99. The SMILES string of the molecule is C=Cc1cccc(C(C(=O)NCc2ccccc2)N(C(=O)C(CC(C)C)NC(=O)OC(C)(C)C)C2CCC2)c1. The fraction of sp³-hybridized carbons (Fsp3) is 0.469. The van der Waals surface area contributed by atoms with Crippen LogP contribution in [0, 0.1) is 5.92 Å². The zero-order valence-corrected chi connectivity index (χ0v) is 23.9. The predicted molar refractivity (Wildman–Crippen MR) is 155 cm³/mol. The summed E-state index contributed by atoms with van der Waals surface area (Å²) in [5.74, 6) is -0.407. The Labute approximate surface area is 233 Å². The zero-order chi connectivity index (χ0) is 28.6. The average Bonchev–Trinajstić information content (AvgIpc) is 2.84. The largest absolute Gasteiger partial charge is 0.444 e.